The van der Waals surface area contributed by atoms with E-state index in [0.717, 1.165) is 56.1 Å². The molecular weight excluding hydrogens is 505 g/mol. The zero-order valence-electron chi connectivity index (χ0n) is 24.3. The lowest BCUT2D eigenvalue weighted by molar-refractivity contribution is -0.00273. The van der Waals surface area contributed by atoms with Crippen molar-refractivity contribution in [2.75, 3.05) is 6.61 Å². The summed E-state index contributed by atoms with van der Waals surface area (Å²) in [5.41, 5.74) is 3.61. The van der Waals surface area contributed by atoms with Gasteiger partial charge in [-0.1, -0.05) is 114 Å². The lowest BCUT2D eigenvalue weighted by atomic mass is 9.88. The molecule has 0 N–H and O–H groups in total. The highest BCUT2D eigenvalue weighted by Gasteiger charge is 2.25. The van der Waals surface area contributed by atoms with Gasteiger partial charge in [-0.3, -0.25) is 0 Å². The van der Waals surface area contributed by atoms with Crippen LogP contribution in [0.5, 0.6) is 0 Å². The van der Waals surface area contributed by atoms with E-state index in [0.29, 0.717) is 35.8 Å². The summed E-state index contributed by atoms with van der Waals surface area (Å²) in [5, 5.41) is 0. The number of hydrogen-bond acceptors (Lipinski definition) is 1. The Morgan fingerprint density at radius 1 is 0.675 bits per heavy atom. The molecule has 216 valence electrons. The third kappa shape index (κ3) is 8.00. The normalized spacial score (nSPS) is 17.3. The molecule has 40 heavy (non-hydrogen) atoms. The number of aryl methyl sites for hydroxylation is 1. The number of hydrogen-bond donors (Lipinski definition) is 0. The summed E-state index contributed by atoms with van der Waals surface area (Å²) in [6.45, 7) is 4.93. The van der Waals surface area contributed by atoms with Crippen LogP contribution in [-0.2, 0) is 11.2 Å². The highest BCUT2D eigenvalue weighted by Crippen LogP contribution is 2.34. The molecule has 2 unspecified atom stereocenters. The van der Waals surface area contributed by atoms with Crippen LogP contribution in [0.1, 0.15) is 108 Å². The molecule has 1 fully saturated rings. The zero-order chi connectivity index (χ0) is 28.3. The van der Waals surface area contributed by atoms with Gasteiger partial charge in [0.2, 0.25) is 0 Å². The third-order valence-electron chi connectivity index (χ3n) is 8.43. The van der Waals surface area contributed by atoms with Gasteiger partial charge in [0.05, 0.1) is 12.7 Å². The first-order valence-electron chi connectivity index (χ1n) is 15.5. The molecule has 1 aliphatic heterocycles. The van der Waals surface area contributed by atoms with Gasteiger partial charge >= 0.3 is 0 Å². The van der Waals surface area contributed by atoms with Gasteiger partial charge in [0.25, 0.3) is 0 Å². The van der Waals surface area contributed by atoms with Gasteiger partial charge in [0.15, 0.2) is 11.6 Å². The maximum atomic E-state index is 15.2. The first kappa shape index (κ1) is 30.4. The third-order valence-corrected chi connectivity index (χ3v) is 8.43. The van der Waals surface area contributed by atoms with Crippen molar-refractivity contribution in [3.05, 3.63) is 83.2 Å². The highest BCUT2D eigenvalue weighted by molar-refractivity contribution is 5.71. The van der Waals surface area contributed by atoms with Crippen LogP contribution in [0.3, 0.4) is 0 Å². The maximum absolute atomic E-state index is 15.2. The molecule has 3 aromatic carbocycles. The van der Waals surface area contributed by atoms with Crippen molar-refractivity contribution in [1.82, 2.24) is 0 Å². The summed E-state index contributed by atoms with van der Waals surface area (Å²) >= 11 is 0. The minimum absolute atomic E-state index is 0.0836. The first-order chi connectivity index (χ1) is 19.5. The van der Waals surface area contributed by atoms with E-state index in [-0.39, 0.29) is 17.3 Å². The number of halogens is 3. The Hall–Kier alpha value is -2.59. The van der Waals surface area contributed by atoms with Crippen molar-refractivity contribution in [3.8, 4) is 22.3 Å². The Morgan fingerprint density at radius 2 is 1.35 bits per heavy atom. The number of benzene rings is 3. The van der Waals surface area contributed by atoms with Crippen LogP contribution >= 0.6 is 0 Å². The average Bonchev–Trinajstić information content (AvgIpc) is 2.98. The summed E-state index contributed by atoms with van der Waals surface area (Å²) in [6.07, 6.45) is 14.3. The van der Waals surface area contributed by atoms with Crippen LogP contribution in [0.4, 0.5) is 13.2 Å². The van der Waals surface area contributed by atoms with Crippen molar-refractivity contribution in [2.24, 2.45) is 0 Å². The lowest BCUT2D eigenvalue weighted by Gasteiger charge is -2.29. The van der Waals surface area contributed by atoms with Gasteiger partial charge in [-0.15, -0.1) is 0 Å². The summed E-state index contributed by atoms with van der Waals surface area (Å²) in [5.74, 6) is -1.68. The smallest absolute Gasteiger partial charge is 0.166 e. The largest absolute Gasteiger partial charge is 0.378 e. The molecule has 0 bridgehead atoms. The Kier molecular flexibility index (Phi) is 11.7. The predicted octanol–water partition coefficient (Wildman–Crippen LogP) is 11.2. The van der Waals surface area contributed by atoms with E-state index in [1.54, 1.807) is 30.3 Å². The molecule has 1 aliphatic rings. The van der Waals surface area contributed by atoms with Crippen LogP contribution in [0.15, 0.2) is 54.6 Å². The Morgan fingerprint density at radius 3 is 2.02 bits per heavy atom. The molecule has 0 aromatic heterocycles. The maximum Gasteiger partial charge on any atom is 0.166 e. The van der Waals surface area contributed by atoms with E-state index in [1.165, 1.54) is 32.1 Å². The van der Waals surface area contributed by atoms with E-state index in [2.05, 4.69) is 13.8 Å². The first-order valence-corrected chi connectivity index (χ1v) is 15.5. The Balaban J connectivity index is 1.35. The van der Waals surface area contributed by atoms with Crippen LogP contribution in [0.25, 0.3) is 22.3 Å². The fourth-order valence-corrected chi connectivity index (χ4v) is 5.88. The Bertz CT molecular complexity index is 1200. The van der Waals surface area contributed by atoms with Crippen molar-refractivity contribution in [3.63, 3.8) is 0 Å². The van der Waals surface area contributed by atoms with Gasteiger partial charge < -0.3 is 4.74 Å². The quantitative estimate of drug-likeness (QED) is 0.181. The van der Waals surface area contributed by atoms with E-state index in [1.807, 2.05) is 24.3 Å². The Labute approximate surface area is 239 Å². The van der Waals surface area contributed by atoms with Gasteiger partial charge in [-0.05, 0) is 66.0 Å². The fraction of sp³-hybridized carbons (Fsp3) is 0.500. The second-order valence-electron chi connectivity index (χ2n) is 11.5. The summed E-state index contributed by atoms with van der Waals surface area (Å²) < 4.78 is 51.0. The lowest BCUT2D eigenvalue weighted by Crippen LogP contribution is -2.25. The van der Waals surface area contributed by atoms with Crippen molar-refractivity contribution in [2.45, 2.75) is 109 Å². The van der Waals surface area contributed by atoms with Gasteiger partial charge in [-0.25, -0.2) is 13.2 Å². The molecule has 0 aliphatic carbocycles. The number of rotatable bonds is 14. The van der Waals surface area contributed by atoms with Crippen molar-refractivity contribution >= 4 is 0 Å². The standard InChI is InChI=1S/C36H45F3O/c1-3-5-7-9-11-13-31-21-18-30(25-40-31)32-22-20-29(24-34(32)37)26-14-16-27(17-15-26)33-23-19-28(35(38)36(33)39)12-10-8-6-4-2/h14-17,19-20,22-24,30-31H,3-13,18,21,25H2,1-2H3. The van der Waals surface area contributed by atoms with Crippen LogP contribution in [-0.4, -0.2) is 12.7 Å². The van der Waals surface area contributed by atoms with Crippen LogP contribution in [0, 0.1) is 17.5 Å². The van der Waals surface area contributed by atoms with Gasteiger partial charge in [-0.2, -0.15) is 0 Å². The molecular formula is C36H45F3O. The minimum atomic E-state index is -0.801. The fourth-order valence-electron chi connectivity index (χ4n) is 5.88. The molecule has 3 aromatic rings. The molecule has 1 heterocycles. The van der Waals surface area contributed by atoms with Crippen molar-refractivity contribution < 1.29 is 17.9 Å². The van der Waals surface area contributed by atoms with Gasteiger partial charge in [0, 0.05) is 11.5 Å². The topological polar surface area (TPSA) is 9.23 Å². The second kappa shape index (κ2) is 15.4. The molecule has 0 spiro atoms. The van der Waals surface area contributed by atoms with E-state index < -0.39 is 11.6 Å². The predicted molar refractivity (Wildman–Crippen MR) is 160 cm³/mol. The minimum Gasteiger partial charge on any atom is -0.378 e. The van der Waals surface area contributed by atoms with E-state index in [9.17, 15) is 8.78 Å². The molecule has 2 atom stereocenters. The average molecular weight is 551 g/mol. The molecule has 0 saturated carbocycles. The summed E-state index contributed by atoms with van der Waals surface area (Å²) in [6, 6.07) is 16.0. The monoisotopic (exact) mass is 550 g/mol. The summed E-state index contributed by atoms with van der Waals surface area (Å²) in [4.78, 5) is 0. The van der Waals surface area contributed by atoms with Gasteiger partial charge in [0.1, 0.15) is 5.82 Å². The van der Waals surface area contributed by atoms with Crippen LogP contribution in [0.2, 0.25) is 0 Å². The molecule has 1 nitrogen and oxygen atoms in total. The molecule has 1 saturated heterocycles. The molecule has 4 rings (SSSR count). The summed E-state index contributed by atoms with van der Waals surface area (Å²) in [7, 11) is 0. The zero-order valence-corrected chi connectivity index (χ0v) is 24.3. The van der Waals surface area contributed by atoms with E-state index >= 15 is 4.39 Å². The van der Waals surface area contributed by atoms with E-state index in [4.69, 9.17) is 4.74 Å². The highest BCUT2D eigenvalue weighted by atomic mass is 19.2. The molecule has 0 amide bonds. The van der Waals surface area contributed by atoms with Crippen LogP contribution < -0.4 is 0 Å². The molecule has 4 heteroatoms. The molecule has 0 radical (unpaired) electrons. The second-order valence-corrected chi connectivity index (χ2v) is 11.5. The number of ether oxygens (including phenoxy) is 1. The van der Waals surface area contributed by atoms with Crippen molar-refractivity contribution in [1.29, 1.82) is 0 Å². The number of unbranched alkanes of at least 4 members (excludes halogenated alkanes) is 7. The SMILES string of the molecule is CCCCCCCC1CCC(c2ccc(-c3ccc(-c4ccc(CCCCCC)c(F)c4F)cc3)cc2F)CO1.